The lowest BCUT2D eigenvalue weighted by Crippen LogP contribution is -2.18. The van der Waals surface area contributed by atoms with Crippen molar-refractivity contribution in [2.75, 3.05) is 6.54 Å². The van der Waals surface area contributed by atoms with Crippen LogP contribution in [0.25, 0.3) is 11.0 Å². The number of aromatic carboxylic acids is 1. The molecule has 0 aliphatic heterocycles. The molecule has 0 radical (unpaired) electrons. The van der Waals surface area contributed by atoms with Crippen LogP contribution in [-0.4, -0.2) is 28.8 Å². The monoisotopic (exact) mass is 263 g/mol. The van der Waals surface area contributed by atoms with Crippen LogP contribution in [0.4, 0.5) is 0 Å². The van der Waals surface area contributed by atoms with Crippen LogP contribution in [0.3, 0.4) is 0 Å². The van der Waals surface area contributed by atoms with Crippen molar-refractivity contribution in [3.63, 3.8) is 0 Å². The van der Waals surface area contributed by atoms with E-state index in [0.717, 1.165) is 17.5 Å². The van der Waals surface area contributed by atoms with Crippen molar-refractivity contribution >= 4 is 16.9 Å². The molecule has 0 amide bonds. The Hall–Kier alpha value is -1.85. The first-order valence-electron chi connectivity index (χ1n) is 6.21. The van der Waals surface area contributed by atoms with Gasteiger partial charge in [-0.25, -0.2) is 4.79 Å². The van der Waals surface area contributed by atoms with E-state index in [1.54, 1.807) is 13.0 Å². The lowest BCUT2D eigenvalue weighted by molar-refractivity contribution is 0.0665. The third kappa shape index (κ3) is 3.56. The van der Waals surface area contributed by atoms with Crippen LogP contribution in [0.5, 0.6) is 0 Å². The summed E-state index contributed by atoms with van der Waals surface area (Å²) in [6.07, 6.45) is 0.402. The fourth-order valence-electron chi connectivity index (χ4n) is 1.85. The van der Waals surface area contributed by atoms with Gasteiger partial charge in [-0.05, 0) is 43.7 Å². The summed E-state index contributed by atoms with van der Waals surface area (Å²) in [6, 6.07) is 7.10. The minimum atomic E-state index is -1.06. The minimum Gasteiger partial charge on any atom is -0.475 e. The highest BCUT2D eigenvalue weighted by Crippen LogP contribution is 2.20. The lowest BCUT2D eigenvalue weighted by atomic mass is 10.1. The first-order chi connectivity index (χ1) is 9.06. The molecule has 19 heavy (non-hydrogen) atoms. The summed E-state index contributed by atoms with van der Waals surface area (Å²) in [5.74, 6) is -1.11. The third-order valence-corrected chi connectivity index (χ3v) is 2.86. The number of carboxylic acids is 1. The smallest absolute Gasteiger partial charge is 0.371 e. The van der Waals surface area contributed by atoms with E-state index in [9.17, 15) is 4.79 Å². The zero-order valence-corrected chi connectivity index (χ0v) is 10.7. The van der Waals surface area contributed by atoms with E-state index < -0.39 is 5.97 Å². The van der Waals surface area contributed by atoms with Gasteiger partial charge in [0, 0.05) is 11.9 Å². The van der Waals surface area contributed by atoms with Crippen molar-refractivity contribution in [3.8, 4) is 0 Å². The van der Waals surface area contributed by atoms with Gasteiger partial charge in [0.15, 0.2) is 0 Å². The van der Waals surface area contributed by atoms with Gasteiger partial charge in [-0.1, -0.05) is 6.07 Å². The molecule has 3 N–H and O–H groups in total. The Kier molecular flexibility index (Phi) is 4.19. The number of carbonyl (C=O) groups is 1. The summed E-state index contributed by atoms with van der Waals surface area (Å²) < 4.78 is 5.19. The van der Waals surface area contributed by atoms with Crippen LogP contribution >= 0.6 is 0 Å². The van der Waals surface area contributed by atoms with Crippen molar-refractivity contribution in [2.24, 2.45) is 0 Å². The Bertz CT molecular complexity index is 574. The van der Waals surface area contributed by atoms with Gasteiger partial charge in [0.25, 0.3) is 0 Å². The largest absolute Gasteiger partial charge is 0.475 e. The molecule has 0 aliphatic carbocycles. The number of fused-ring (bicyclic) bond motifs is 1. The van der Waals surface area contributed by atoms with Crippen LogP contribution < -0.4 is 5.32 Å². The maximum Gasteiger partial charge on any atom is 0.371 e. The summed E-state index contributed by atoms with van der Waals surface area (Å²) >= 11 is 0. The van der Waals surface area contributed by atoms with E-state index >= 15 is 0 Å². The van der Waals surface area contributed by atoms with E-state index in [1.165, 1.54) is 6.07 Å². The summed E-state index contributed by atoms with van der Waals surface area (Å²) in [6.45, 7) is 3.17. The Labute approximate surface area is 110 Å². The van der Waals surface area contributed by atoms with E-state index in [1.807, 2.05) is 12.1 Å². The summed E-state index contributed by atoms with van der Waals surface area (Å²) in [5, 5.41) is 22.0. The number of benzene rings is 1. The number of hydrogen-bond donors (Lipinski definition) is 3. The number of rotatable bonds is 6. The molecule has 2 rings (SSSR count). The number of aliphatic hydroxyl groups excluding tert-OH is 1. The van der Waals surface area contributed by atoms with Crippen molar-refractivity contribution in [3.05, 3.63) is 35.6 Å². The number of nitrogens with one attached hydrogen (secondary N) is 1. The first-order valence-corrected chi connectivity index (χ1v) is 6.21. The molecule has 5 heteroatoms. The van der Waals surface area contributed by atoms with Crippen molar-refractivity contribution in [1.82, 2.24) is 5.32 Å². The molecular weight excluding hydrogens is 246 g/mol. The van der Waals surface area contributed by atoms with Gasteiger partial charge in [0.1, 0.15) is 5.58 Å². The average molecular weight is 263 g/mol. The SMILES string of the molecule is CC(O)CCNCc1ccc2oc(C(=O)O)cc2c1. The number of aliphatic hydroxyl groups is 1. The zero-order chi connectivity index (χ0) is 13.8. The highest BCUT2D eigenvalue weighted by Gasteiger charge is 2.10. The van der Waals surface area contributed by atoms with E-state index in [-0.39, 0.29) is 11.9 Å². The second kappa shape index (κ2) is 5.86. The first kappa shape index (κ1) is 13.6. The summed E-state index contributed by atoms with van der Waals surface area (Å²) in [7, 11) is 0. The summed E-state index contributed by atoms with van der Waals surface area (Å²) in [4.78, 5) is 10.8. The molecule has 1 aromatic carbocycles. The van der Waals surface area contributed by atoms with Crippen LogP contribution in [0, 0.1) is 0 Å². The molecule has 0 saturated heterocycles. The van der Waals surface area contributed by atoms with Crippen LogP contribution in [0.1, 0.15) is 29.5 Å². The third-order valence-electron chi connectivity index (χ3n) is 2.86. The van der Waals surface area contributed by atoms with Gasteiger partial charge in [0.2, 0.25) is 5.76 Å². The lowest BCUT2D eigenvalue weighted by Gasteiger charge is -2.06. The van der Waals surface area contributed by atoms with Crippen LogP contribution in [-0.2, 0) is 6.54 Å². The van der Waals surface area contributed by atoms with Crippen molar-refractivity contribution in [1.29, 1.82) is 0 Å². The zero-order valence-electron chi connectivity index (χ0n) is 10.7. The second-order valence-corrected chi connectivity index (χ2v) is 4.60. The van der Waals surface area contributed by atoms with Crippen molar-refractivity contribution in [2.45, 2.75) is 26.0 Å². The quantitative estimate of drug-likeness (QED) is 0.694. The normalized spacial score (nSPS) is 12.7. The summed E-state index contributed by atoms with van der Waals surface area (Å²) in [5.41, 5.74) is 1.63. The van der Waals surface area contributed by atoms with Gasteiger partial charge in [-0.3, -0.25) is 0 Å². The standard InChI is InChI=1S/C14H17NO4/c1-9(16)4-5-15-8-10-2-3-12-11(6-10)7-13(19-12)14(17)18/h2-3,6-7,9,15-16H,4-5,8H2,1H3,(H,17,18). The number of hydrogen-bond acceptors (Lipinski definition) is 4. The molecule has 1 aromatic heterocycles. The van der Waals surface area contributed by atoms with Gasteiger partial charge in [0.05, 0.1) is 6.10 Å². The van der Waals surface area contributed by atoms with Gasteiger partial charge in [-0.2, -0.15) is 0 Å². The number of furan rings is 1. The van der Waals surface area contributed by atoms with Crippen molar-refractivity contribution < 1.29 is 19.4 Å². The molecule has 0 aliphatic rings. The number of carboxylic acid groups (broad SMARTS) is 1. The highest BCUT2D eigenvalue weighted by atomic mass is 16.4. The highest BCUT2D eigenvalue weighted by molar-refractivity contribution is 5.91. The molecule has 2 aromatic rings. The second-order valence-electron chi connectivity index (χ2n) is 4.60. The topological polar surface area (TPSA) is 82.7 Å². The fourth-order valence-corrected chi connectivity index (χ4v) is 1.85. The Morgan fingerprint density at radius 1 is 1.42 bits per heavy atom. The van der Waals surface area contributed by atoms with E-state index in [4.69, 9.17) is 14.6 Å². The van der Waals surface area contributed by atoms with Crippen LogP contribution in [0.15, 0.2) is 28.7 Å². The molecule has 1 heterocycles. The predicted molar refractivity (Wildman–Crippen MR) is 71.2 cm³/mol. The molecule has 0 fully saturated rings. The van der Waals surface area contributed by atoms with E-state index in [0.29, 0.717) is 18.5 Å². The fraction of sp³-hybridized carbons (Fsp3) is 0.357. The molecule has 1 atom stereocenters. The predicted octanol–water partition coefficient (Wildman–Crippen LogP) is 1.99. The Morgan fingerprint density at radius 2 is 2.21 bits per heavy atom. The average Bonchev–Trinajstić information content (AvgIpc) is 2.77. The molecular formula is C14H17NO4. The molecule has 5 nitrogen and oxygen atoms in total. The van der Waals surface area contributed by atoms with Gasteiger partial charge >= 0.3 is 5.97 Å². The molecule has 0 bridgehead atoms. The maximum absolute atomic E-state index is 10.8. The molecule has 1 unspecified atom stereocenters. The van der Waals surface area contributed by atoms with Gasteiger partial charge < -0.3 is 19.9 Å². The minimum absolute atomic E-state index is 0.0470. The van der Waals surface area contributed by atoms with E-state index in [2.05, 4.69) is 5.32 Å². The van der Waals surface area contributed by atoms with Gasteiger partial charge in [-0.15, -0.1) is 0 Å². The Morgan fingerprint density at radius 3 is 2.89 bits per heavy atom. The molecule has 0 spiro atoms. The van der Waals surface area contributed by atoms with Crippen LogP contribution in [0.2, 0.25) is 0 Å². The molecule has 0 saturated carbocycles. The molecule has 102 valence electrons. The Balaban J connectivity index is 2.02. The maximum atomic E-state index is 10.8.